The predicted molar refractivity (Wildman–Crippen MR) is 126 cm³/mol. The number of ether oxygens (including phenoxy) is 3. The molecule has 2 aromatic carbocycles. The fourth-order valence-electron chi connectivity index (χ4n) is 4.67. The van der Waals surface area contributed by atoms with Gasteiger partial charge in [-0.15, -0.1) is 0 Å². The van der Waals surface area contributed by atoms with Gasteiger partial charge >= 0.3 is 0 Å². The number of aromatic nitrogens is 2. The van der Waals surface area contributed by atoms with Gasteiger partial charge in [0, 0.05) is 42.4 Å². The zero-order valence-corrected chi connectivity index (χ0v) is 19.2. The van der Waals surface area contributed by atoms with Crippen LogP contribution in [-0.4, -0.2) is 44.1 Å². The highest BCUT2D eigenvalue weighted by Gasteiger charge is 2.19. The Morgan fingerprint density at radius 2 is 1.58 bits per heavy atom. The van der Waals surface area contributed by atoms with E-state index >= 15 is 0 Å². The number of fused-ring (bicyclic) bond motifs is 3. The molecule has 2 heterocycles. The van der Waals surface area contributed by atoms with Gasteiger partial charge in [-0.2, -0.15) is 0 Å². The molecule has 0 N–H and O–H groups in total. The van der Waals surface area contributed by atoms with Gasteiger partial charge in [-0.3, -0.25) is 4.98 Å². The van der Waals surface area contributed by atoms with E-state index in [1.807, 2.05) is 0 Å². The van der Waals surface area contributed by atoms with Gasteiger partial charge in [0.05, 0.1) is 37.4 Å². The second-order valence-corrected chi connectivity index (χ2v) is 8.08. The maximum absolute atomic E-state index is 5.49. The van der Waals surface area contributed by atoms with Crippen LogP contribution >= 0.6 is 0 Å². The SMILES string of the molecule is COCC(COC)n1ccc2c(C)nc3c(-c4c(C)cc(OC)cc4C)cccc3c21. The van der Waals surface area contributed by atoms with Gasteiger partial charge in [0.2, 0.25) is 0 Å². The minimum atomic E-state index is 0.0885. The molecule has 2 aromatic heterocycles. The first-order chi connectivity index (χ1) is 15.0. The molecule has 0 radical (unpaired) electrons. The van der Waals surface area contributed by atoms with E-state index in [-0.39, 0.29) is 6.04 Å². The molecule has 0 spiro atoms. The molecule has 0 amide bonds. The quantitative estimate of drug-likeness (QED) is 0.390. The Hall–Kier alpha value is -2.89. The molecule has 4 aromatic rings. The molecular formula is C26H30N2O3. The molecule has 0 saturated heterocycles. The van der Waals surface area contributed by atoms with Gasteiger partial charge in [0.25, 0.3) is 0 Å². The van der Waals surface area contributed by atoms with Crippen LogP contribution < -0.4 is 4.74 Å². The Kier molecular flexibility index (Phi) is 5.99. The summed E-state index contributed by atoms with van der Waals surface area (Å²) in [4.78, 5) is 5.06. The Labute approximate surface area is 183 Å². The van der Waals surface area contributed by atoms with Crippen LogP contribution in [0.4, 0.5) is 0 Å². The topological polar surface area (TPSA) is 45.5 Å². The Balaban J connectivity index is 2.03. The molecule has 0 saturated carbocycles. The highest BCUT2D eigenvalue weighted by Crippen LogP contribution is 2.38. The number of rotatable bonds is 7. The molecule has 0 atom stereocenters. The molecule has 4 rings (SSSR count). The van der Waals surface area contributed by atoms with Crippen LogP contribution in [0, 0.1) is 20.8 Å². The first-order valence-electron chi connectivity index (χ1n) is 10.5. The molecule has 0 aliphatic heterocycles. The van der Waals surface area contributed by atoms with Crippen molar-refractivity contribution in [2.75, 3.05) is 34.5 Å². The Morgan fingerprint density at radius 1 is 0.903 bits per heavy atom. The lowest BCUT2D eigenvalue weighted by Crippen LogP contribution is -2.19. The fraction of sp³-hybridized carbons (Fsp3) is 0.346. The highest BCUT2D eigenvalue weighted by atomic mass is 16.5. The maximum Gasteiger partial charge on any atom is 0.119 e. The van der Waals surface area contributed by atoms with E-state index < -0.39 is 0 Å². The van der Waals surface area contributed by atoms with E-state index in [1.54, 1.807) is 21.3 Å². The number of para-hydroxylation sites is 1. The van der Waals surface area contributed by atoms with Crippen LogP contribution in [0.25, 0.3) is 32.9 Å². The van der Waals surface area contributed by atoms with Gasteiger partial charge < -0.3 is 18.8 Å². The van der Waals surface area contributed by atoms with Crippen LogP contribution in [0.1, 0.15) is 22.9 Å². The molecule has 5 nitrogen and oxygen atoms in total. The molecular weight excluding hydrogens is 388 g/mol. The Morgan fingerprint density at radius 3 is 2.19 bits per heavy atom. The normalized spacial score (nSPS) is 11.7. The van der Waals surface area contributed by atoms with Gasteiger partial charge in [0.1, 0.15) is 5.75 Å². The highest BCUT2D eigenvalue weighted by molar-refractivity contribution is 6.10. The number of hydrogen-bond donors (Lipinski definition) is 0. The molecule has 0 aliphatic carbocycles. The molecule has 0 bridgehead atoms. The Bertz CT molecular complexity index is 1210. The lowest BCUT2D eigenvalue weighted by Gasteiger charge is -2.20. The average molecular weight is 419 g/mol. The summed E-state index contributed by atoms with van der Waals surface area (Å²) in [6.07, 6.45) is 2.12. The summed E-state index contributed by atoms with van der Waals surface area (Å²) in [6.45, 7) is 7.50. The lowest BCUT2D eigenvalue weighted by molar-refractivity contribution is 0.0915. The monoisotopic (exact) mass is 418 g/mol. The number of pyridine rings is 1. The van der Waals surface area contributed by atoms with Gasteiger partial charge in [-0.1, -0.05) is 18.2 Å². The molecule has 31 heavy (non-hydrogen) atoms. The van der Waals surface area contributed by atoms with E-state index in [2.05, 4.69) is 67.9 Å². The molecule has 0 aliphatic rings. The minimum Gasteiger partial charge on any atom is -0.497 e. The fourth-order valence-corrected chi connectivity index (χ4v) is 4.67. The summed E-state index contributed by atoms with van der Waals surface area (Å²) in [7, 11) is 5.16. The summed E-state index contributed by atoms with van der Waals surface area (Å²) in [5.41, 5.74) is 7.91. The first kappa shape index (κ1) is 21.3. The number of hydrogen-bond acceptors (Lipinski definition) is 4. The van der Waals surface area contributed by atoms with Gasteiger partial charge in [-0.05, 0) is 55.7 Å². The van der Waals surface area contributed by atoms with Crippen molar-refractivity contribution in [3.8, 4) is 16.9 Å². The summed E-state index contributed by atoms with van der Waals surface area (Å²) >= 11 is 0. The van der Waals surface area contributed by atoms with E-state index in [0.29, 0.717) is 13.2 Å². The first-order valence-corrected chi connectivity index (χ1v) is 10.5. The largest absolute Gasteiger partial charge is 0.497 e. The molecule has 162 valence electrons. The third-order valence-electron chi connectivity index (χ3n) is 6.00. The number of methoxy groups -OCH3 is 3. The number of aryl methyl sites for hydroxylation is 3. The van der Waals surface area contributed by atoms with Crippen molar-refractivity contribution in [2.24, 2.45) is 0 Å². The summed E-state index contributed by atoms with van der Waals surface area (Å²) in [5, 5.41) is 2.29. The summed E-state index contributed by atoms with van der Waals surface area (Å²) < 4.78 is 18.7. The van der Waals surface area contributed by atoms with Gasteiger partial charge in [0.15, 0.2) is 0 Å². The second kappa shape index (κ2) is 8.69. The van der Waals surface area contributed by atoms with E-state index in [1.165, 1.54) is 22.2 Å². The second-order valence-electron chi connectivity index (χ2n) is 8.08. The maximum atomic E-state index is 5.49. The van der Waals surface area contributed by atoms with Crippen LogP contribution in [0.2, 0.25) is 0 Å². The van der Waals surface area contributed by atoms with Crippen LogP contribution in [0.15, 0.2) is 42.6 Å². The van der Waals surface area contributed by atoms with Crippen molar-refractivity contribution >= 4 is 21.8 Å². The molecule has 0 unspecified atom stereocenters. The van der Waals surface area contributed by atoms with Crippen LogP contribution in [0.3, 0.4) is 0 Å². The summed E-state index contributed by atoms with van der Waals surface area (Å²) in [6, 6.07) is 12.9. The standard InChI is InChI=1S/C26H30N2O3/c1-16-12-20(31-6)13-17(2)24(16)22-8-7-9-23-25(22)27-18(3)21-10-11-28(26(21)23)19(14-29-4)15-30-5/h7-13,19H,14-15H2,1-6H3. The third-order valence-corrected chi connectivity index (χ3v) is 6.00. The lowest BCUT2D eigenvalue weighted by atomic mass is 9.93. The van der Waals surface area contributed by atoms with Crippen molar-refractivity contribution in [1.29, 1.82) is 0 Å². The minimum absolute atomic E-state index is 0.0885. The zero-order chi connectivity index (χ0) is 22.1. The number of benzene rings is 2. The van der Waals surface area contributed by atoms with E-state index in [9.17, 15) is 0 Å². The van der Waals surface area contributed by atoms with Crippen molar-refractivity contribution < 1.29 is 14.2 Å². The van der Waals surface area contributed by atoms with Crippen molar-refractivity contribution in [2.45, 2.75) is 26.8 Å². The van der Waals surface area contributed by atoms with Crippen LogP contribution in [0.5, 0.6) is 5.75 Å². The molecule has 0 fully saturated rings. The van der Waals surface area contributed by atoms with Crippen molar-refractivity contribution in [1.82, 2.24) is 9.55 Å². The van der Waals surface area contributed by atoms with E-state index in [4.69, 9.17) is 19.2 Å². The summed E-state index contributed by atoms with van der Waals surface area (Å²) in [5.74, 6) is 0.876. The van der Waals surface area contributed by atoms with Crippen LogP contribution in [-0.2, 0) is 9.47 Å². The zero-order valence-electron chi connectivity index (χ0n) is 19.2. The molecule has 5 heteroatoms. The average Bonchev–Trinajstić information content (AvgIpc) is 3.19. The smallest absolute Gasteiger partial charge is 0.119 e. The predicted octanol–water partition coefficient (Wildman–Crippen LogP) is 5.62. The number of nitrogens with zero attached hydrogens (tertiary/aromatic N) is 2. The van der Waals surface area contributed by atoms with Gasteiger partial charge in [-0.25, -0.2) is 0 Å². The van der Waals surface area contributed by atoms with Crippen molar-refractivity contribution in [3.63, 3.8) is 0 Å². The third kappa shape index (κ3) is 3.68. The van der Waals surface area contributed by atoms with Crippen molar-refractivity contribution in [3.05, 3.63) is 59.4 Å². The van der Waals surface area contributed by atoms with E-state index in [0.717, 1.165) is 33.3 Å².